The Morgan fingerprint density at radius 1 is 1.00 bits per heavy atom. The quantitative estimate of drug-likeness (QED) is 0.520. The maximum atomic E-state index is 11.8. The second-order valence-corrected chi connectivity index (χ2v) is 3.94. The van der Waals surface area contributed by atoms with Gasteiger partial charge < -0.3 is 14.6 Å². The first-order chi connectivity index (χ1) is 9.15. The van der Waals surface area contributed by atoms with E-state index in [4.69, 9.17) is 14.6 Å². The second-order valence-electron chi connectivity index (χ2n) is 3.94. The summed E-state index contributed by atoms with van der Waals surface area (Å²) in [6, 6.07) is 15.2. The van der Waals surface area contributed by atoms with E-state index in [9.17, 15) is 4.79 Å². The van der Waals surface area contributed by atoms with Crippen molar-refractivity contribution < 1.29 is 19.4 Å². The number of aliphatic hydroxyl groups is 1. The van der Waals surface area contributed by atoms with E-state index in [1.807, 2.05) is 6.07 Å². The van der Waals surface area contributed by atoms with Crippen LogP contribution in [0.15, 0.2) is 54.6 Å². The van der Waals surface area contributed by atoms with Gasteiger partial charge in [-0.15, -0.1) is 0 Å². The lowest BCUT2D eigenvalue weighted by Crippen LogP contribution is -2.11. The highest BCUT2D eigenvalue weighted by molar-refractivity contribution is 5.91. The third-order valence-electron chi connectivity index (χ3n) is 2.35. The van der Waals surface area contributed by atoms with Gasteiger partial charge in [-0.2, -0.15) is 0 Å². The Morgan fingerprint density at radius 3 is 2.21 bits per heavy atom. The molecule has 19 heavy (non-hydrogen) atoms. The lowest BCUT2D eigenvalue weighted by molar-refractivity contribution is -0.000292. The zero-order valence-corrected chi connectivity index (χ0v) is 10.4. The predicted octanol–water partition coefficient (Wildman–Crippen LogP) is 2.62. The van der Waals surface area contributed by atoms with Gasteiger partial charge in [0.25, 0.3) is 0 Å². The summed E-state index contributed by atoms with van der Waals surface area (Å²) in [5.41, 5.74) is 0.418. The summed E-state index contributed by atoms with van der Waals surface area (Å²) in [5, 5.41) is 9.07. The zero-order valence-electron chi connectivity index (χ0n) is 10.4. The van der Waals surface area contributed by atoms with Gasteiger partial charge in [-0.25, -0.2) is 4.79 Å². The third-order valence-corrected chi connectivity index (χ3v) is 2.35. The van der Waals surface area contributed by atoms with E-state index in [-0.39, 0.29) is 0 Å². The average molecular weight is 258 g/mol. The molecule has 1 atom stereocenters. The largest absolute Gasteiger partial charge is 0.465 e. The number of ether oxygens (including phenoxy) is 2. The lowest BCUT2D eigenvalue weighted by atomic mass is 10.2. The van der Waals surface area contributed by atoms with Crippen LogP contribution in [0.2, 0.25) is 0 Å². The number of hydrogen-bond donors (Lipinski definition) is 1. The van der Waals surface area contributed by atoms with Crippen molar-refractivity contribution in [1.29, 1.82) is 0 Å². The molecule has 98 valence electrons. The van der Waals surface area contributed by atoms with E-state index in [1.54, 1.807) is 48.5 Å². The Balaban J connectivity index is 2.04. The van der Waals surface area contributed by atoms with E-state index in [0.717, 1.165) is 0 Å². The summed E-state index contributed by atoms with van der Waals surface area (Å²) >= 11 is 0. The zero-order chi connectivity index (χ0) is 13.7. The molecule has 0 aliphatic heterocycles. The highest BCUT2D eigenvalue weighted by Crippen LogP contribution is 2.16. The SMILES string of the molecule is CC(O)Oc1ccc(C(=O)Oc2ccccc2)cc1. The summed E-state index contributed by atoms with van der Waals surface area (Å²) in [6.07, 6.45) is -0.887. The van der Waals surface area contributed by atoms with Crippen LogP contribution >= 0.6 is 0 Å². The number of esters is 1. The van der Waals surface area contributed by atoms with E-state index in [0.29, 0.717) is 17.1 Å². The molecular formula is C15H14O4. The standard InChI is InChI=1S/C15H14O4/c1-11(16)18-14-9-7-12(8-10-14)15(17)19-13-5-3-2-4-6-13/h2-11,16H,1H3. The van der Waals surface area contributed by atoms with Crippen molar-refractivity contribution in [2.75, 3.05) is 0 Å². The first-order valence-electron chi connectivity index (χ1n) is 5.87. The second kappa shape index (κ2) is 6.02. The normalized spacial score (nSPS) is 11.7. The van der Waals surface area contributed by atoms with Crippen LogP contribution < -0.4 is 9.47 Å². The third kappa shape index (κ3) is 3.82. The van der Waals surface area contributed by atoms with Crippen molar-refractivity contribution in [1.82, 2.24) is 0 Å². The summed E-state index contributed by atoms with van der Waals surface area (Å²) in [7, 11) is 0. The highest BCUT2D eigenvalue weighted by Gasteiger charge is 2.08. The fraction of sp³-hybridized carbons (Fsp3) is 0.133. The number of carbonyl (C=O) groups excluding carboxylic acids is 1. The molecule has 4 nitrogen and oxygen atoms in total. The number of rotatable bonds is 4. The van der Waals surface area contributed by atoms with E-state index in [1.165, 1.54) is 6.92 Å². The molecule has 0 radical (unpaired) electrons. The van der Waals surface area contributed by atoms with Crippen LogP contribution in [0, 0.1) is 0 Å². The molecule has 2 rings (SSSR count). The molecule has 0 aromatic heterocycles. The molecule has 2 aromatic rings. The van der Waals surface area contributed by atoms with Crippen molar-refractivity contribution >= 4 is 5.97 Å². The van der Waals surface area contributed by atoms with Crippen LogP contribution in [0.5, 0.6) is 11.5 Å². The summed E-state index contributed by atoms with van der Waals surface area (Å²) in [6.45, 7) is 1.51. The first kappa shape index (κ1) is 13.1. The molecule has 0 saturated heterocycles. The number of hydrogen-bond acceptors (Lipinski definition) is 4. The Hall–Kier alpha value is -2.33. The minimum atomic E-state index is -0.887. The molecule has 4 heteroatoms. The van der Waals surface area contributed by atoms with E-state index in [2.05, 4.69) is 0 Å². The van der Waals surface area contributed by atoms with Gasteiger partial charge in [0.05, 0.1) is 5.56 Å². The Bertz CT molecular complexity index is 532. The van der Waals surface area contributed by atoms with Crippen molar-refractivity contribution in [3.05, 3.63) is 60.2 Å². The predicted molar refractivity (Wildman–Crippen MR) is 70.2 cm³/mol. The summed E-state index contributed by atoms with van der Waals surface area (Å²) in [5.74, 6) is 0.554. The van der Waals surface area contributed by atoms with E-state index >= 15 is 0 Å². The molecule has 0 amide bonds. The molecule has 0 bridgehead atoms. The molecule has 1 N–H and O–H groups in total. The van der Waals surface area contributed by atoms with Gasteiger partial charge in [0.15, 0.2) is 6.29 Å². The maximum Gasteiger partial charge on any atom is 0.343 e. The van der Waals surface area contributed by atoms with E-state index < -0.39 is 12.3 Å². The minimum Gasteiger partial charge on any atom is -0.465 e. The van der Waals surface area contributed by atoms with Crippen molar-refractivity contribution in [3.63, 3.8) is 0 Å². The van der Waals surface area contributed by atoms with Crippen LogP contribution in [-0.4, -0.2) is 17.4 Å². The fourth-order valence-electron chi connectivity index (χ4n) is 1.52. The minimum absolute atomic E-state index is 0.418. The molecule has 0 heterocycles. The first-order valence-corrected chi connectivity index (χ1v) is 5.87. The van der Waals surface area contributed by atoms with Gasteiger partial charge in [-0.1, -0.05) is 18.2 Å². The number of carbonyl (C=O) groups is 1. The molecule has 1 unspecified atom stereocenters. The van der Waals surface area contributed by atoms with Crippen LogP contribution in [0.4, 0.5) is 0 Å². The van der Waals surface area contributed by atoms with Crippen molar-refractivity contribution in [2.24, 2.45) is 0 Å². The summed E-state index contributed by atoms with van der Waals surface area (Å²) in [4.78, 5) is 11.8. The molecule has 0 fully saturated rings. The molecule has 0 spiro atoms. The van der Waals surface area contributed by atoms with Gasteiger partial charge in [0, 0.05) is 0 Å². The molecule has 0 aliphatic rings. The summed E-state index contributed by atoms with van der Waals surface area (Å²) < 4.78 is 10.3. The van der Waals surface area contributed by atoms with Crippen LogP contribution in [0.25, 0.3) is 0 Å². The molecular weight excluding hydrogens is 244 g/mol. The highest BCUT2D eigenvalue weighted by atomic mass is 16.6. The Labute approximate surface area is 111 Å². The average Bonchev–Trinajstić information content (AvgIpc) is 2.40. The van der Waals surface area contributed by atoms with Gasteiger partial charge in [0.1, 0.15) is 11.5 Å². The molecule has 0 saturated carbocycles. The van der Waals surface area contributed by atoms with Crippen LogP contribution in [0.3, 0.4) is 0 Å². The number of aliphatic hydroxyl groups excluding tert-OH is 1. The maximum absolute atomic E-state index is 11.8. The van der Waals surface area contributed by atoms with Gasteiger partial charge in [-0.05, 0) is 43.3 Å². The topological polar surface area (TPSA) is 55.8 Å². The Kier molecular flexibility index (Phi) is 4.15. The molecule has 0 aliphatic carbocycles. The smallest absolute Gasteiger partial charge is 0.343 e. The van der Waals surface area contributed by atoms with Crippen LogP contribution in [-0.2, 0) is 0 Å². The van der Waals surface area contributed by atoms with Crippen molar-refractivity contribution in [2.45, 2.75) is 13.2 Å². The molecule has 2 aromatic carbocycles. The Morgan fingerprint density at radius 2 is 1.63 bits per heavy atom. The van der Waals surface area contributed by atoms with Gasteiger partial charge in [0.2, 0.25) is 0 Å². The monoisotopic (exact) mass is 258 g/mol. The van der Waals surface area contributed by atoms with Gasteiger partial charge in [-0.3, -0.25) is 0 Å². The fourth-order valence-corrected chi connectivity index (χ4v) is 1.52. The van der Waals surface area contributed by atoms with Crippen LogP contribution in [0.1, 0.15) is 17.3 Å². The number of benzene rings is 2. The van der Waals surface area contributed by atoms with Crippen molar-refractivity contribution in [3.8, 4) is 11.5 Å². The lowest BCUT2D eigenvalue weighted by Gasteiger charge is -2.09. The number of para-hydroxylation sites is 1. The van der Waals surface area contributed by atoms with Gasteiger partial charge >= 0.3 is 5.97 Å².